The molecule has 63 heavy (non-hydrogen) atoms. The molecule has 1 fully saturated rings. The molecule has 362 valence electrons. The maximum atomic E-state index is 13.4. The first kappa shape index (κ1) is 55.7. The first-order valence-corrected chi connectivity index (χ1v) is 23.9. The van der Waals surface area contributed by atoms with Gasteiger partial charge in [-0.15, -0.1) is 0 Å². The molecule has 0 spiro atoms. The number of hydrogen-bond acceptors (Lipinski definition) is 14. The number of hydrogen-bond donors (Lipinski definition) is 2. The molecule has 1 saturated heterocycles. The third-order valence-electron chi connectivity index (χ3n) is 11.3. The van der Waals surface area contributed by atoms with Crippen LogP contribution < -0.4 is 9.47 Å². The number of esters is 4. The van der Waals surface area contributed by atoms with Crippen molar-refractivity contribution in [2.75, 3.05) is 59.5 Å². The van der Waals surface area contributed by atoms with Crippen LogP contribution in [0.25, 0.3) is 0 Å². The second-order valence-corrected chi connectivity index (χ2v) is 17.8. The Hall–Kier alpha value is -3.46. The smallest absolute Gasteiger partial charge is 0.354 e. The minimum atomic E-state index is -2.19. The van der Waals surface area contributed by atoms with Crippen LogP contribution in [0.15, 0.2) is 18.2 Å². The van der Waals surface area contributed by atoms with E-state index < -0.39 is 73.0 Å². The van der Waals surface area contributed by atoms with Crippen molar-refractivity contribution in [2.24, 2.45) is 11.3 Å². The zero-order valence-corrected chi connectivity index (χ0v) is 39.6. The summed E-state index contributed by atoms with van der Waals surface area (Å²) >= 11 is 0. The Kier molecular flexibility index (Phi) is 27.8. The van der Waals surface area contributed by atoms with Crippen molar-refractivity contribution in [1.82, 2.24) is 0 Å². The van der Waals surface area contributed by atoms with E-state index in [1.54, 1.807) is 32.0 Å². The van der Waals surface area contributed by atoms with Crippen LogP contribution in [0.3, 0.4) is 0 Å². The molecular formula is C49H82O14. The lowest BCUT2D eigenvalue weighted by Crippen LogP contribution is -2.51. The van der Waals surface area contributed by atoms with Crippen LogP contribution in [0.2, 0.25) is 0 Å². The summed E-state index contributed by atoms with van der Waals surface area (Å²) in [5, 5.41) is 19.5. The van der Waals surface area contributed by atoms with Crippen molar-refractivity contribution in [2.45, 2.75) is 181 Å². The highest BCUT2D eigenvalue weighted by molar-refractivity contribution is 5.90. The van der Waals surface area contributed by atoms with E-state index in [0.29, 0.717) is 24.7 Å². The number of benzene rings is 1. The zero-order valence-electron chi connectivity index (χ0n) is 39.6. The van der Waals surface area contributed by atoms with E-state index >= 15 is 0 Å². The first-order valence-electron chi connectivity index (χ1n) is 23.9. The molecule has 0 aromatic heterocycles. The lowest BCUT2D eigenvalue weighted by atomic mass is 9.93. The van der Waals surface area contributed by atoms with Gasteiger partial charge in [0.1, 0.15) is 31.2 Å². The summed E-state index contributed by atoms with van der Waals surface area (Å²) in [6.07, 6.45) is 24.2. The second-order valence-electron chi connectivity index (χ2n) is 17.8. The summed E-state index contributed by atoms with van der Waals surface area (Å²) in [5.74, 6) is -4.33. The molecule has 0 bridgehead atoms. The standard InChI is InChI=1S/C49H82O14/c1-7-9-11-13-15-17-19-21-23-25-29-56-41-28-27-39(33-42(41)57-30-26-24-22-20-18-16-14-12-10-8-2)43(52)58-31-32-59-46(55)49(6,63-45(54)48(5,36-50)37-51)38-60-44(53)40-34-61-47(3,4)62-35-40/h27-28,33,40,50-51H,7-26,29-32,34-38H2,1-6H3. The van der Waals surface area contributed by atoms with Crippen LogP contribution in [0.5, 0.6) is 11.5 Å². The Balaban J connectivity index is 1.98. The Labute approximate surface area is 377 Å². The normalized spacial score (nSPS) is 15.0. The highest BCUT2D eigenvalue weighted by atomic mass is 16.7. The molecule has 2 rings (SSSR count). The van der Waals surface area contributed by atoms with E-state index in [-0.39, 0.29) is 25.4 Å². The Bertz CT molecular complexity index is 1430. The van der Waals surface area contributed by atoms with Crippen LogP contribution in [-0.4, -0.2) is 105 Å². The minimum Gasteiger partial charge on any atom is -0.490 e. The van der Waals surface area contributed by atoms with Gasteiger partial charge in [-0.3, -0.25) is 9.59 Å². The molecule has 1 atom stereocenters. The largest absolute Gasteiger partial charge is 0.490 e. The molecule has 14 nitrogen and oxygen atoms in total. The molecule has 0 aliphatic carbocycles. The number of carbonyl (C=O) groups excluding carboxylic acids is 4. The van der Waals surface area contributed by atoms with E-state index in [4.69, 9.17) is 37.9 Å². The summed E-state index contributed by atoms with van der Waals surface area (Å²) < 4.78 is 45.0. The van der Waals surface area contributed by atoms with Crippen LogP contribution >= 0.6 is 0 Å². The minimum absolute atomic E-state index is 0.00731. The van der Waals surface area contributed by atoms with Crippen molar-refractivity contribution in [3.63, 3.8) is 0 Å². The van der Waals surface area contributed by atoms with Crippen molar-refractivity contribution < 1.29 is 67.3 Å². The zero-order chi connectivity index (χ0) is 46.4. The molecule has 0 amide bonds. The SMILES string of the molecule is CCCCCCCCCCCCOc1ccc(C(=O)OCCOC(=O)C(C)(COC(=O)C2COC(C)(C)OC2)OC(=O)C(C)(CO)CO)cc1OCCCCCCCCCCCC. The first-order chi connectivity index (χ1) is 30.2. The van der Waals surface area contributed by atoms with Gasteiger partial charge >= 0.3 is 23.9 Å². The van der Waals surface area contributed by atoms with Gasteiger partial charge in [0.2, 0.25) is 5.60 Å². The van der Waals surface area contributed by atoms with Gasteiger partial charge in [0.05, 0.1) is 45.2 Å². The number of carbonyl (C=O) groups is 4. The topological polar surface area (TPSA) is 183 Å². The monoisotopic (exact) mass is 895 g/mol. The fraction of sp³-hybridized carbons (Fsp3) is 0.796. The molecule has 1 aliphatic rings. The van der Waals surface area contributed by atoms with E-state index in [1.807, 2.05) is 0 Å². The summed E-state index contributed by atoms with van der Waals surface area (Å²) in [6, 6.07) is 4.91. The predicted octanol–water partition coefficient (Wildman–Crippen LogP) is 9.22. The molecule has 2 N–H and O–H groups in total. The molecule has 14 heteroatoms. The molecular weight excluding hydrogens is 813 g/mol. The van der Waals surface area contributed by atoms with Gasteiger partial charge in [-0.1, -0.05) is 129 Å². The summed E-state index contributed by atoms with van der Waals surface area (Å²) in [7, 11) is 0. The van der Waals surface area contributed by atoms with Gasteiger partial charge in [0.25, 0.3) is 0 Å². The van der Waals surface area contributed by atoms with Crippen LogP contribution in [0.1, 0.15) is 180 Å². The van der Waals surface area contributed by atoms with Crippen LogP contribution in [-0.2, 0) is 42.8 Å². The Morgan fingerprint density at radius 3 is 1.57 bits per heavy atom. The third-order valence-corrected chi connectivity index (χ3v) is 11.3. The van der Waals surface area contributed by atoms with Crippen LogP contribution in [0, 0.1) is 11.3 Å². The fourth-order valence-corrected chi connectivity index (χ4v) is 6.71. The second kappa shape index (κ2) is 31.4. The molecule has 1 aromatic carbocycles. The van der Waals surface area contributed by atoms with Gasteiger partial charge in [0.15, 0.2) is 17.3 Å². The molecule has 1 unspecified atom stereocenters. The fourth-order valence-electron chi connectivity index (χ4n) is 6.71. The van der Waals surface area contributed by atoms with E-state index in [2.05, 4.69) is 13.8 Å². The number of aliphatic hydroxyl groups is 2. The lowest BCUT2D eigenvalue weighted by Gasteiger charge is -2.35. The quantitative estimate of drug-likeness (QED) is 0.0369. The lowest BCUT2D eigenvalue weighted by molar-refractivity contribution is -0.263. The molecule has 1 aromatic rings. The molecule has 1 heterocycles. The van der Waals surface area contributed by atoms with Gasteiger partial charge in [-0.05, 0) is 58.7 Å². The molecule has 1 aliphatic heterocycles. The Morgan fingerprint density at radius 1 is 0.619 bits per heavy atom. The van der Waals surface area contributed by atoms with Gasteiger partial charge in [-0.2, -0.15) is 0 Å². The van der Waals surface area contributed by atoms with Crippen LogP contribution in [0.4, 0.5) is 0 Å². The van der Waals surface area contributed by atoms with Crippen molar-refractivity contribution in [3.8, 4) is 11.5 Å². The molecule has 0 saturated carbocycles. The van der Waals surface area contributed by atoms with Gasteiger partial charge < -0.3 is 48.1 Å². The number of aliphatic hydroxyl groups excluding tert-OH is 2. The summed E-state index contributed by atoms with van der Waals surface area (Å²) in [4.78, 5) is 52.5. The average molecular weight is 895 g/mol. The summed E-state index contributed by atoms with van der Waals surface area (Å²) in [6.45, 7) is 8.24. The number of ether oxygens (including phenoxy) is 8. The Morgan fingerprint density at radius 2 is 1.08 bits per heavy atom. The van der Waals surface area contributed by atoms with E-state index in [0.717, 1.165) is 32.1 Å². The van der Waals surface area contributed by atoms with E-state index in [1.165, 1.54) is 110 Å². The number of rotatable bonds is 36. The van der Waals surface area contributed by atoms with Crippen molar-refractivity contribution in [3.05, 3.63) is 23.8 Å². The van der Waals surface area contributed by atoms with Gasteiger partial charge in [0, 0.05) is 0 Å². The predicted molar refractivity (Wildman–Crippen MR) is 240 cm³/mol. The third kappa shape index (κ3) is 22.3. The maximum Gasteiger partial charge on any atom is 0.354 e. The molecule has 0 radical (unpaired) electrons. The van der Waals surface area contributed by atoms with Gasteiger partial charge in [-0.25, -0.2) is 9.59 Å². The maximum absolute atomic E-state index is 13.4. The number of unbranched alkanes of at least 4 members (excludes halogenated alkanes) is 18. The summed E-state index contributed by atoms with van der Waals surface area (Å²) in [5.41, 5.74) is -3.73. The highest BCUT2D eigenvalue weighted by Crippen LogP contribution is 2.30. The average Bonchev–Trinajstić information content (AvgIpc) is 3.27. The van der Waals surface area contributed by atoms with E-state index in [9.17, 15) is 29.4 Å². The highest BCUT2D eigenvalue weighted by Gasteiger charge is 2.46. The van der Waals surface area contributed by atoms with Crippen molar-refractivity contribution in [1.29, 1.82) is 0 Å². The van der Waals surface area contributed by atoms with Crippen molar-refractivity contribution >= 4 is 23.9 Å².